The van der Waals surface area contributed by atoms with Gasteiger partial charge in [0, 0.05) is 6.04 Å². The first-order valence-corrected chi connectivity index (χ1v) is 10.5. The molecule has 0 radical (unpaired) electrons. The van der Waals surface area contributed by atoms with Crippen molar-refractivity contribution in [3.8, 4) is 5.75 Å². The van der Waals surface area contributed by atoms with Crippen LogP contribution in [-0.2, 0) is 14.6 Å². The van der Waals surface area contributed by atoms with Gasteiger partial charge in [-0.15, -0.1) is 0 Å². The predicted octanol–water partition coefficient (Wildman–Crippen LogP) is 1.53. The Labute approximate surface area is 149 Å². The second-order valence-electron chi connectivity index (χ2n) is 7.35. The highest BCUT2D eigenvalue weighted by Crippen LogP contribution is 2.32. The number of methoxy groups -OCH3 is 1. The zero-order chi connectivity index (χ0) is 18.1. The van der Waals surface area contributed by atoms with Gasteiger partial charge < -0.3 is 10.1 Å². The molecule has 2 heterocycles. The lowest BCUT2D eigenvalue weighted by Crippen LogP contribution is -2.50. The molecule has 2 aliphatic rings. The van der Waals surface area contributed by atoms with Gasteiger partial charge in [0.1, 0.15) is 5.75 Å². The van der Waals surface area contributed by atoms with E-state index in [1.807, 2.05) is 31.2 Å². The first-order valence-electron chi connectivity index (χ1n) is 8.70. The lowest BCUT2D eigenvalue weighted by atomic mass is 10.0. The molecule has 0 saturated carbocycles. The van der Waals surface area contributed by atoms with Crippen LogP contribution >= 0.6 is 0 Å². The number of amides is 1. The van der Waals surface area contributed by atoms with Crippen LogP contribution in [0.1, 0.15) is 37.8 Å². The molecule has 1 N–H and O–H groups in total. The van der Waals surface area contributed by atoms with Crippen molar-refractivity contribution in [3.63, 3.8) is 0 Å². The maximum Gasteiger partial charge on any atom is 0.234 e. The first kappa shape index (κ1) is 18.2. The van der Waals surface area contributed by atoms with Crippen LogP contribution in [0.2, 0.25) is 0 Å². The number of carbonyl (C=O) groups excluding carboxylic acids is 1. The fourth-order valence-electron chi connectivity index (χ4n) is 3.89. The average molecular weight is 366 g/mol. The number of ether oxygens (including phenoxy) is 1. The molecule has 0 spiro atoms. The lowest BCUT2D eigenvalue weighted by molar-refractivity contribution is -0.124. The van der Waals surface area contributed by atoms with E-state index in [-0.39, 0.29) is 23.5 Å². The van der Waals surface area contributed by atoms with Crippen LogP contribution in [0.4, 0.5) is 0 Å². The van der Waals surface area contributed by atoms with Gasteiger partial charge in [0.05, 0.1) is 30.7 Å². The first-order chi connectivity index (χ1) is 11.8. The maximum absolute atomic E-state index is 12.5. The molecule has 0 bridgehead atoms. The monoisotopic (exact) mass is 366 g/mol. The van der Waals surface area contributed by atoms with E-state index in [0.717, 1.165) is 25.1 Å². The number of hydrogen-bond donors (Lipinski definition) is 1. The quantitative estimate of drug-likeness (QED) is 0.855. The molecule has 2 atom stereocenters. The smallest absolute Gasteiger partial charge is 0.234 e. The molecule has 3 rings (SSSR count). The Kier molecular flexibility index (Phi) is 5.06. The van der Waals surface area contributed by atoms with Crippen molar-refractivity contribution in [2.45, 2.75) is 37.8 Å². The number of sulfone groups is 1. The standard InChI is InChI=1S/C18H26N2O4S/c1-18(9-11-25(22,23)13-18)19-17(21)12-20-10-3-4-16(20)14-5-7-15(24-2)8-6-14/h5-8,16H,3-4,9-13H2,1-2H3,(H,19,21). The molecule has 1 amide bonds. The summed E-state index contributed by atoms with van der Waals surface area (Å²) in [7, 11) is -1.38. The van der Waals surface area contributed by atoms with Gasteiger partial charge in [-0.05, 0) is 50.4 Å². The molecule has 2 fully saturated rings. The molecular formula is C18H26N2O4S. The number of rotatable bonds is 5. The highest BCUT2D eigenvalue weighted by molar-refractivity contribution is 7.91. The summed E-state index contributed by atoms with van der Waals surface area (Å²) < 4.78 is 28.6. The highest BCUT2D eigenvalue weighted by atomic mass is 32.2. The van der Waals surface area contributed by atoms with Crippen molar-refractivity contribution in [1.82, 2.24) is 10.2 Å². The Morgan fingerprint density at radius 2 is 2.08 bits per heavy atom. The lowest BCUT2D eigenvalue weighted by Gasteiger charge is -2.28. The van der Waals surface area contributed by atoms with Gasteiger partial charge in [-0.1, -0.05) is 12.1 Å². The fourth-order valence-corrected chi connectivity index (χ4v) is 5.98. The Morgan fingerprint density at radius 3 is 2.68 bits per heavy atom. The number of hydrogen-bond acceptors (Lipinski definition) is 5. The number of carbonyl (C=O) groups is 1. The molecule has 7 heteroatoms. The van der Waals surface area contributed by atoms with Crippen LogP contribution in [0.5, 0.6) is 5.75 Å². The Balaban J connectivity index is 1.62. The van der Waals surface area contributed by atoms with Gasteiger partial charge in [0.25, 0.3) is 0 Å². The topological polar surface area (TPSA) is 75.7 Å². The van der Waals surface area contributed by atoms with Crippen molar-refractivity contribution in [1.29, 1.82) is 0 Å². The normalized spacial score (nSPS) is 28.8. The van der Waals surface area contributed by atoms with Crippen LogP contribution in [-0.4, -0.2) is 56.5 Å². The summed E-state index contributed by atoms with van der Waals surface area (Å²) in [6.45, 7) is 2.99. The summed E-state index contributed by atoms with van der Waals surface area (Å²) in [6.07, 6.45) is 2.56. The summed E-state index contributed by atoms with van der Waals surface area (Å²) in [4.78, 5) is 14.7. The molecule has 2 aliphatic heterocycles. The Hall–Kier alpha value is -1.60. The molecule has 138 valence electrons. The van der Waals surface area contributed by atoms with E-state index < -0.39 is 15.4 Å². The summed E-state index contributed by atoms with van der Waals surface area (Å²) in [5, 5.41) is 2.95. The van der Waals surface area contributed by atoms with Gasteiger partial charge in [-0.25, -0.2) is 8.42 Å². The SMILES string of the molecule is COc1ccc(C2CCCN2CC(=O)NC2(C)CCS(=O)(=O)C2)cc1. The van der Waals surface area contributed by atoms with Gasteiger partial charge in [-0.3, -0.25) is 9.69 Å². The van der Waals surface area contributed by atoms with Crippen molar-refractivity contribution in [3.05, 3.63) is 29.8 Å². The van der Waals surface area contributed by atoms with Crippen LogP contribution < -0.4 is 10.1 Å². The highest BCUT2D eigenvalue weighted by Gasteiger charge is 2.40. The van der Waals surface area contributed by atoms with Crippen LogP contribution in [0.15, 0.2) is 24.3 Å². The summed E-state index contributed by atoms with van der Waals surface area (Å²) in [6, 6.07) is 8.19. The van der Waals surface area contributed by atoms with Gasteiger partial charge >= 0.3 is 0 Å². The second-order valence-corrected chi connectivity index (χ2v) is 9.54. The van der Waals surface area contributed by atoms with Crippen molar-refractivity contribution in [2.24, 2.45) is 0 Å². The van der Waals surface area contributed by atoms with E-state index in [0.29, 0.717) is 13.0 Å². The predicted molar refractivity (Wildman–Crippen MR) is 96.4 cm³/mol. The molecule has 6 nitrogen and oxygen atoms in total. The van der Waals surface area contributed by atoms with Gasteiger partial charge in [0.2, 0.25) is 5.91 Å². The van der Waals surface area contributed by atoms with E-state index >= 15 is 0 Å². The van der Waals surface area contributed by atoms with Crippen LogP contribution in [0, 0.1) is 0 Å². The van der Waals surface area contributed by atoms with Crippen LogP contribution in [0.3, 0.4) is 0 Å². The van der Waals surface area contributed by atoms with E-state index in [1.165, 1.54) is 5.56 Å². The zero-order valence-electron chi connectivity index (χ0n) is 14.8. The number of nitrogens with zero attached hydrogens (tertiary/aromatic N) is 1. The Morgan fingerprint density at radius 1 is 1.36 bits per heavy atom. The summed E-state index contributed by atoms with van der Waals surface area (Å²) >= 11 is 0. The molecule has 2 saturated heterocycles. The average Bonchev–Trinajstić information content (AvgIpc) is 3.11. The zero-order valence-corrected chi connectivity index (χ0v) is 15.6. The number of likely N-dealkylation sites (tertiary alicyclic amines) is 1. The van der Waals surface area contributed by atoms with E-state index in [1.54, 1.807) is 7.11 Å². The molecule has 2 unspecified atom stereocenters. The third-order valence-corrected chi connectivity index (χ3v) is 7.06. The fraction of sp³-hybridized carbons (Fsp3) is 0.611. The van der Waals surface area contributed by atoms with Crippen molar-refractivity contribution < 1.29 is 17.9 Å². The third-order valence-electron chi connectivity index (χ3n) is 5.16. The van der Waals surface area contributed by atoms with Crippen molar-refractivity contribution in [2.75, 3.05) is 31.7 Å². The van der Waals surface area contributed by atoms with Gasteiger partial charge in [0.15, 0.2) is 9.84 Å². The molecule has 1 aromatic rings. The molecule has 0 aliphatic carbocycles. The molecular weight excluding hydrogens is 340 g/mol. The van der Waals surface area contributed by atoms with Crippen molar-refractivity contribution >= 4 is 15.7 Å². The minimum absolute atomic E-state index is 0.0354. The van der Waals surface area contributed by atoms with Crippen LogP contribution in [0.25, 0.3) is 0 Å². The summed E-state index contributed by atoms with van der Waals surface area (Å²) in [5.41, 5.74) is 0.548. The minimum atomic E-state index is -3.03. The molecule has 0 aromatic heterocycles. The third kappa shape index (κ3) is 4.33. The van der Waals surface area contributed by atoms with E-state index in [4.69, 9.17) is 4.74 Å². The molecule has 1 aromatic carbocycles. The maximum atomic E-state index is 12.5. The van der Waals surface area contributed by atoms with E-state index in [2.05, 4.69) is 10.2 Å². The number of benzene rings is 1. The summed E-state index contributed by atoms with van der Waals surface area (Å²) in [5.74, 6) is 0.914. The minimum Gasteiger partial charge on any atom is -0.497 e. The Bertz CT molecular complexity index is 732. The number of nitrogens with one attached hydrogen (secondary N) is 1. The van der Waals surface area contributed by atoms with E-state index in [9.17, 15) is 13.2 Å². The molecule has 25 heavy (non-hydrogen) atoms. The largest absolute Gasteiger partial charge is 0.497 e. The second kappa shape index (κ2) is 6.96. The van der Waals surface area contributed by atoms with Gasteiger partial charge in [-0.2, -0.15) is 0 Å².